The zero-order chi connectivity index (χ0) is 19.8. The third kappa shape index (κ3) is 2.58. The highest BCUT2D eigenvalue weighted by Gasteiger charge is 2.24. The Labute approximate surface area is 163 Å². The zero-order valence-electron chi connectivity index (χ0n) is 15.0. The Bertz CT molecular complexity index is 1320. The van der Waals surface area contributed by atoms with Crippen molar-refractivity contribution in [2.24, 2.45) is 5.11 Å². The number of methoxy groups -OCH3 is 1. The van der Waals surface area contributed by atoms with Gasteiger partial charge < -0.3 is 10.5 Å². The van der Waals surface area contributed by atoms with Gasteiger partial charge in [-0.15, -0.1) is 11.3 Å². The van der Waals surface area contributed by atoms with Crippen LogP contribution < -0.4 is 10.5 Å². The molecule has 28 heavy (non-hydrogen) atoms. The predicted octanol–water partition coefficient (Wildman–Crippen LogP) is 4.19. The minimum Gasteiger partial charge on any atom is -0.495 e. The van der Waals surface area contributed by atoms with E-state index in [0.29, 0.717) is 16.6 Å². The highest BCUT2D eigenvalue weighted by molar-refractivity contribution is 7.22. The van der Waals surface area contributed by atoms with Crippen LogP contribution in [-0.4, -0.2) is 21.7 Å². The maximum absolute atomic E-state index is 9.70. The minimum absolute atomic E-state index is 0.00192. The van der Waals surface area contributed by atoms with Crippen molar-refractivity contribution in [3.63, 3.8) is 0 Å². The molecule has 138 valence electrons. The van der Waals surface area contributed by atoms with E-state index in [9.17, 15) is 5.26 Å². The van der Waals surface area contributed by atoms with Crippen LogP contribution in [-0.2, 0) is 6.54 Å². The number of anilines is 1. The summed E-state index contributed by atoms with van der Waals surface area (Å²) >= 11 is 1.51. The number of aryl methyl sites for hydroxylation is 1. The van der Waals surface area contributed by atoms with Crippen LogP contribution in [0, 0.1) is 18.3 Å². The molecule has 2 N–H and O–H groups in total. The van der Waals surface area contributed by atoms with E-state index in [4.69, 9.17) is 16.0 Å². The van der Waals surface area contributed by atoms with Gasteiger partial charge in [0, 0.05) is 20.9 Å². The second-order valence-electron chi connectivity index (χ2n) is 6.10. The van der Waals surface area contributed by atoms with Crippen molar-refractivity contribution in [1.29, 1.82) is 5.26 Å². The SMILES string of the molecule is COc1cc(C)cc2cc(-c3c(CN=[N+]=[N-])c(C#N)n4ncnc(N)c34)sc12. The monoisotopic (exact) mass is 390 g/mol. The van der Waals surface area contributed by atoms with Crippen molar-refractivity contribution in [1.82, 2.24) is 14.6 Å². The van der Waals surface area contributed by atoms with Gasteiger partial charge in [-0.2, -0.15) is 10.4 Å². The van der Waals surface area contributed by atoms with E-state index in [1.54, 1.807) is 7.11 Å². The quantitative estimate of drug-likeness (QED) is 0.316. The van der Waals surface area contributed by atoms with Crippen LogP contribution in [0.25, 0.3) is 36.5 Å². The predicted molar refractivity (Wildman–Crippen MR) is 107 cm³/mol. The summed E-state index contributed by atoms with van der Waals surface area (Å²) in [6.45, 7) is 2.00. The van der Waals surface area contributed by atoms with Gasteiger partial charge in [0.15, 0.2) is 5.82 Å². The second kappa shape index (κ2) is 6.74. The van der Waals surface area contributed by atoms with Crippen LogP contribution in [0.5, 0.6) is 5.75 Å². The van der Waals surface area contributed by atoms with Crippen molar-refractivity contribution >= 4 is 32.8 Å². The topological polar surface area (TPSA) is 138 Å². The fourth-order valence-corrected chi connectivity index (χ4v) is 4.54. The summed E-state index contributed by atoms with van der Waals surface area (Å²) in [5.41, 5.74) is 18.1. The molecule has 3 heterocycles. The summed E-state index contributed by atoms with van der Waals surface area (Å²) in [5.74, 6) is 1.02. The third-order valence-corrected chi connectivity index (χ3v) is 5.63. The Morgan fingerprint density at radius 2 is 2.25 bits per heavy atom. The smallest absolute Gasteiger partial charge is 0.152 e. The van der Waals surface area contributed by atoms with Crippen LogP contribution in [0.4, 0.5) is 5.82 Å². The molecule has 0 saturated carbocycles. The number of azide groups is 1. The average Bonchev–Trinajstić information content (AvgIpc) is 3.24. The molecule has 0 atom stereocenters. The number of nitriles is 1. The van der Waals surface area contributed by atoms with Gasteiger partial charge in [-0.1, -0.05) is 11.2 Å². The van der Waals surface area contributed by atoms with Crippen LogP contribution in [0.3, 0.4) is 0 Å². The molecule has 4 rings (SSSR count). The van der Waals surface area contributed by atoms with Crippen LogP contribution in [0.15, 0.2) is 29.6 Å². The molecule has 0 saturated heterocycles. The van der Waals surface area contributed by atoms with Gasteiger partial charge in [0.25, 0.3) is 0 Å². The van der Waals surface area contributed by atoms with Gasteiger partial charge >= 0.3 is 0 Å². The number of aromatic nitrogens is 3. The lowest BCUT2D eigenvalue weighted by molar-refractivity contribution is 0.420. The van der Waals surface area contributed by atoms with E-state index in [1.807, 2.05) is 19.1 Å². The molecule has 0 bridgehead atoms. The second-order valence-corrected chi connectivity index (χ2v) is 7.16. The highest BCUT2D eigenvalue weighted by Crippen LogP contribution is 2.44. The van der Waals surface area contributed by atoms with Gasteiger partial charge in [0.2, 0.25) is 0 Å². The van der Waals surface area contributed by atoms with E-state index in [-0.39, 0.29) is 18.1 Å². The molecule has 0 amide bonds. The number of nitrogens with two attached hydrogens (primary N) is 1. The summed E-state index contributed by atoms with van der Waals surface area (Å²) in [4.78, 5) is 7.78. The first-order valence-corrected chi connectivity index (χ1v) is 9.04. The number of fused-ring (bicyclic) bond motifs is 2. The Hall–Kier alpha value is -3.80. The molecule has 1 aromatic carbocycles. The normalized spacial score (nSPS) is 10.8. The number of nitrogens with zero attached hydrogens (tertiary/aromatic N) is 7. The first-order chi connectivity index (χ1) is 13.6. The number of ether oxygens (including phenoxy) is 1. The molecule has 0 radical (unpaired) electrons. The first-order valence-electron chi connectivity index (χ1n) is 8.22. The summed E-state index contributed by atoms with van der Waals surface area (Å²) in [6.07, 6.45) is 1.29. The van der Waals surface area contributed by atoms with Crippen LogP contribution in [0.1, 0.15) is 16.8 Å². The van der Waals surface area contributed by atoms with Crippen molar-refractivity contribution in [3.8, 4) is 22.3 Å². The molecule has 0 fully saturated rings. The van der Waals surface area contributed by atoms with Crippen molar-refractivity contribution in [2.75, 3.05) is 12.8 Å². The van der Waals surface area contributed by atoms with Gasteiger partial charge in [-0.05, 0) is 35.5 Å². The fourth-order valence-electron chi connectivity index (χ4n) is 3.34. The van der Waals surface area contributed by atoms with Crippen molar-refractivity contribution < 1.29 is 4.74 Å². The number of nitrogen functional groups attached to an aromatic ring is 1. The van der Waals surface area contributed by atoms with E-state index in [0.717, 1.165) is 26.3 Å². The van der Waals surface area contributed by atoms with Gasteiger partial charge in [0.05, 0.1) is 18.4 Å². The summed E-state index contributed by atoms with van der Waals surface area (Å²) in [7, 11) is 1.63. The third-order valence-electron chi connectivity index (χ3n) is 4.45. The standard InChI is InChI=1S/C18H14N8OS/c1-9-3-10-5-14(28-17(10)13(4-9)27-2)15-11(7-23-25-21)12(6-19)26-16(15)18(20)22-8-24-26/h3-5,8H,7H2,1-2H3,(H2,20,22,24). The Morgan fingerprint density at radius 1 is 1.43 bits per heavy atom. The van der Waals surface area contributed by atoms with E-state index >= 15 is 0 Å². The fraction of sp³-hybridized carbons (Fsp3) is 0.167. The number of rotatable bonds is 4. The molecule has 0 aliphatic rings. The molecule has 4 aromatic rings. The van der Waals surface area contributed by atoms with Crippen molar-refractivity contribution in [3.05, 3.63) is 51.8 Å². The number of thiophene rings is 1. The summed E-state index contributed by atoms with van der Waals surface area (Å²) < 4.78 is 7.96. The molecule has 3 aromatic heterocycles. The summed E-state index contributed by atoms with van der Waals surface area (Å²) in [5, 5.41) is 18.6. The van der Waals surface area contributed by atoms with Crippen LogP contribution in [0.2, 0.25) is 0 Å². The number of hydrogen-bond acceptors (Lipinski definition) is 7. The molecule has 10 heteroatoms. The lowest BCUT2D eigenvalue weighted by Crippen LogP contribution is -2.00. The molecule has 0 spiro atoms. The van der Waals surface area contributed by atoms with E-state index in [2.05, 4.69) is 32.2 Å². The van der Waals surface area contributed by atoms with Crippen molar-refractivity contribution in [2.45, 2.75) is 13.5 Å². The number of benzene rings is 1. The minimum atomic E-state index is 0.00192. The van der Waals surface area contributed by atoms with E-state index in [1.165, 1.54) is 22.2 Å². The molecular weight excluding hydrogens is 376 g/mol. The maximum atomic E-state index is 9.70. The Morgan fingerprint density at radius 3 is 2.96 bits per heavy atom. The van der Waals surface area contributed by atoms with Gasteiger partial charge in [0.1, 0.15) is 29.4 Å². The summed E-state index contributed by atoms with van der Waals surface area (Å²) in [6, 6.07) is 8.19. The average molecular weight is 390 g/mol. The number of hydrogen-bond donors (Lipinski definition) is 1. The van der Waals surface area contributed by atoms with Gasteiger partial charge in [-0.3, -0.25) is 0 Å². The lowest BCUT2D eigenvalue weighted by Gasteiger charge is -2.02. The Kier molecular flexibility index (Phi) is 4.24. The zero-order valence-corrected chi connectivity index (χ0v) is 15.9. The largest absolute Gasteiger partial charge is 0.495 e. The molecule has 0 unspecified atom stereocenters. The molecular formula is C18H14N8OS. The molecule has 0 aliphatic carbocycles. The first kappa shape index (κ1) is 17.6. The lowest BCUT2D eigenvalue weighted by atomic mass is 10.1. The van der Waals surface area contributed by atoms with Crippen LogP contribution >= 0.6 is 11.3 Å². The molecule has 0 aliphatic heterocycles. The maximum Gasteiger partial charge on any atom is 0.152 e. The Balaban J connectivity index is 2.12. The highest BCUT2D eigenvalue weighted by atomic mass is 32.1. The molecule has 9 nitrogen and oxygen atoms in total. The van der Waals surface area contributed by atoms with E-state index < -0.39 is 0 Å². The van der Waals surface area contributed by atoms with Gasteiger partial charge in [-0.25, -0.2) is 9.50 Å².